The first-order chi connectivity index (χ1) is 15.2. The first-order valence-corrected chi connectivity index (χ1v) is 11.4. The van der Waals surface area contributed by atoms with Gasteiger partial charge in [0.15, 0.2) is 0 Å². The fourth-order valence-corrected chi connectivity index (χ4v) is 4.23. The van der Waals surface area contributed by atoms with Crippen molar-refractivity contribution in [3.8, 4) is 11.3 Å². The molecule has 3 nitrogen and oxygen atoms in total. The number of unbranched alkanes of at least 4 members (excludes halogenated alkanes) is 1. The van der Waals surface area contributed by atoms with E-state index in [9.17, 15) is 4.79 Å². The fourth-order valence-electron chi connectivity index (χ4n) is 4.23. The van der Waals surface area contributed by atoms with Crippen LogP contribution in [0.25, 0.3) is 32.9 Å². The van der Waals surface area contributed by atoms with Gasteiger partial charge in [0.2, 0.25) is 0 Å². The van der Waals surface area contributed by atoms with Crippen LogP contribution in [-0.2, 0) is 0 Å². The molecule has 0 fully saturated rings. The van der Waals surface area contributed by atoms with Gasteiger partial charge >= 0.3 is 0 Å². The van der Waals surface area contributed by atoms with Crippen molar-refractivity contribution in [2.24, 2.45) is 5.92 Å². The highest BCUT2D eigenvalue weighted by atomic mass is 16.1. The number of nitrogens with zero attached hydrogens (tertiary/aromatic N) is 1. The minimum atomic E-state index is -0.0185. The third-order valence-corrected chi connectivity index (χ3v) is 6.12. The third-order valence-electron chi connectivity index (χ3n) is 6.12. The number of para-hydroxylation sites is 1. The predicted octanol–water partition coefficient (Wildman–Crippen LogP) is 7.00. The van der Waals surface area contributed by atoms with Crippen molar-refractivity contribution in [3.63, 3.8) is 0 Å². The second kappa shape index (κ2) is 9.74. The molecule has 1 heterocycles. The van der Waals surface area contributed by atoms with E-state index in [1.807, 2.05) is 48.5 Å². The summed E-state index contributed by atoms with van der Waals surface area (Å²) in [6.45, 7) is 5.13. The topological polar surface area (TPSA) is 42.0 Å². The number of hydrogen-bond acceptors (Lipinski definition) is 2. The number of hydrogen-bond donors (Lipinski definition) is 1. The molecular formula is C28H30N2O. The number of fused-ring (bicyclic) bond motifs is 2. The van der Waals surface area contributed by atoms with Gasteiger partial charge in [-0.15, -0.1) is 0 Å². The van der Waals surface area contributed by atoms with Crippen LogP contribution in [0.4, 0.5) is 0 Å². The van der Waals surface area contributed by atoms with Gasteiger partial charge in [-0.3, -0.25) is 4.79 Å². The Morgan fingerprint density at radius 1 is 0.935 bits per heavy atom. The van der Waals surface area contributed by atoms with E-state index < -0.39 is 0 Å². The highest BCUT2D eigenvalue weighted by Crippen LogP contribution is 2.30. The number of nitrogens with one attached hydrogen (secondary N) is 1. The van der Waals surface area contributed by atoms with E-state index in [0.717, 1.165) is 46.9 Å². The van der Waals surface area contributed by atoms with Crippen molar-refractivity contribution in [2.45, 2.75) is 39.5 Å². The van der Waals surface area contributed by atoms with Crippen LogP contribution < -0.4 is 5.32 Å². The third kappa shape index (κ3) is 4.61. The first-order valence-electron chi connectivity index (χ1n) is 11.4. The van der Waals surface area contributed by atoms with Crippen molar-refractivity contribution in [2.75, 3.05) is 6.54 Å². The summed E-state index contributed by atoms with van der Waals surface area (Å²) in [5.41, 5.74) is 3.42. The van der Waals surface area contributed by atoms with Crippen LogP contribution in [0.2, 0.25) is 0 Å². The van der Waals surface area contributed by atoms with E-state index in [-0.39, 0.29) is 5.91 Å². The highest BCUT2D eigenvalue weighted by molar-refractivity contribution is 6.08. The Labute approximate surface area is 184 Å². The van der Waals surface area contributed by atoms with Crippen LogP contribution in [0, 0.1) is 5.92 Å². The highest BCUT2D eigenvalue weighted by Gasteiger charge is 2.16. The summed E-state index contributed by atoms with van der Waals surface area (Å²) in [6.07, 6.45) is 4.63. The molecule has 4 rings (SSSR count). The molecule has 0 aliphatic rings. The maximum atomic E-state index is 13.3. The van der Waals surface area contributed by atoms with Gasteiger partial charge < -0.3 is 5.32 Å². The van der Waals surface area contributed by atoms with Crippen LogP contribution in [0.5, 0.6) is 0 Å². The minimum absolute atomic E-state index is 0.0185. The molecule has 158 valence electrons. The van der Waals surface area contributed by atoms with Gasteiger partial charge in [-0.05, 0) is 35.2 Å². The zero-order chi connectivity index (χ0) is 21.6. The molecule has 0 bridgehead atoms. The SMILES string of the molecule is CCCCC(CC)CNC(=O)c1cc(-c2cccc3ccccc23)nc2ccccc12. The molecule has 0 spiro atoms. The predicted molar refractivity (Wildman–Crippen MR) is 130 cm³/mol. The smallest absolute Gasteiger partial charge is 0.252 e. The molecule has 0 saturated carbocycles. The number of carbonyl (C=O) groups is 1. The van der Waals surface area contributed by atoms with Crippen molar-refractivity contribution in [1.29, 1.82) is 0 Å². The van der Waals surface area contributed by atoms with Gasteiger partial charge in [0.05, 0.1) is 16.8 Å². The van der Waals surface area contributed by atoms with Gasteiger partial charge in [0.25, 0.3) is 5.91 Å². The summed E-state index contributed by atoms with van der Waals surface area (Å²) < 4.78 is 0. The van der Waals surface area contributed by atoms with E-state index in [1.54, 1.807) is 0 Å². The van der Waals surface area contributed by atoms with E-state index >= 15 is 0 Å². The molecule has 0 aliphatic carbocycles. The lowest BCUT2D eigenvalue weighted by Crippen LogP contribution is -2.29. The van der Waals surface area contributed by atoms with Crippen molar-refractivity contribution in [3.05, 3.63) is 78.4 Å². The van der Waals surface area contributed by atoms with Crippen LogP contribution in [0.3, 0.4) is 0 Å². The molecule has 31 heavy (non-hydrogen) atoms. The summed E-state index contributed by atoms with van der Waals surface area (Å²) >= 11 is 0. The Morgan fingerprint density at radius 2 is 1.68 bits per heavy atom. The maximum absolute atomic E-state index is 13.3. The second-order valence-electron chi connectivity index (χ2n) is 8.23. The fraction of sp³-hybridized carbons (Fsp3) is 0.286. The standard InChI is InChI=1S/C28H30N2O/c1-3-5-11-20(4-2)19-29-28(31)25-18-27(30-26-17-9-8-15-24(25)26)23-16-10-13-21-12-6-7-14-22(21)23/h6-10,12-18,20H,3-5,11,19H2,1-2H3,(H,29,31). The van der Waals surface area contributed by atoms with Gasteiger partial charge in [-0.1, -0.05) is 93.8 Å². The summed E-state index contributed by atoms with van der Waals surface area (Å²) in [5, 5.41) is 6.41. The van der Waals surface area contributed by atoms with Gasteiger partial charge in [0, 0.05) is 17.5 Å². The maximum Gasteiger partial charge on any atom is 0.252 e. The molecule has 0 radical (unpaired) electrons. The molecule has 0 saturated heterocycles. The second-order valence-corrected chi connectivity index (χ2v) is 8.23. The van der Waals surface area contributed by atoms with E-state index in [0.29, 0.717) is 11.5 Å². The average molecular weight is 411 g/mol. The molecule has 0 aliphatic heterocycles. The number of benzene rings is 3. The number of amides is 1. The van der Waals surface area contributed by atoms with Crippen molar-refractivity contribution < 1.29 is 4.79 Å². The zero-order valence-electron chi connectivity index (χ0n) is 18.4. The number of rotatable bonds is 8. The van der Waals surface area contributed by atoms with Crippen LogP contribution in [0.15, 0.2) is 72.8 Å². The van der Waals surface area contributed by atoms with Crippen LogP contribution in [0.1, 0.15) is 49.9 Å². The van der Waals surface area contributed by atoms with E-state index in [1.165, 1.54) is 18.2 Å². The summed E-state index contributed by atoms with van der Waals surface area (Å²) in [5.74, 6) is 0.504. The minimum Gasteiger partial charge on any atom is -0.352 e. The monoisotopic (exact) mass is 410 g/mol. The Bertz CT molecular complexity index is 1190. The lowest BCUT2D eigenvalue weighted by molar-refractivity contribution is 0.0947. The molecule has 4 aromatic rings. The van der Waals surface area contributed by atoms with Gasteiger partial charge in [-0.25, -0.2) is 4.98 Å². The van der Waals surface area contributed by atoms with Crippen molar-refractivity contribution >= 4 is 27.6 Å². The quantitative estimate of drug-likeness (QED) is 0.340. The largest absolute Gasteiger partial charge is 0.352 e. The molecule has 3 aromatic carbocycles. The van der Waals surface area contributed by atoms with E-state index in [2.05, 4.69) is 43.4 Å². The molecular weight excluding hydrogens is 380 g/mol. The molecule has 1 amide bonds. The Kier molecular flexibility index (Phi) is 6.61. The normalized spacial score (nSPS) is 12.2. The van der Waals surface area contributed by atoms with E-state index in [4.69, 9.17) is 4.98 Å². The lowest BCUT2D eigenvalue weighted by Gasteiger charge is -2.16. The average Bonchev–Trinajstić information content (AvgIpc) is 2.83. The van der Waals surface area contributed by atoms with Crippen molar-refractivity contribution in [1.82, 2.24) is 10.3 Å². The number of pyridine rings is 1. The molecule has 1 atom stereocenters. The summed E-state index contributed by atoms with van der Waals surface area (Å²) in [7, 11) is 0. The van der Waals surface area contributed by atoms with Gasteiger partial charge in [0.1, 0.15) is 0 Å². The first kappa shape index (κ1) is 21.0. The molecule has 1 N–H and O–H groups in total. The van der Waals surface area contributed by atoms with Crippen LogP contribution in [-0.4, -0.2) is 17.4 Å². The number of carbonyl (C=O) groups excluding carboxylic acids is 1. The Balaban J connectivity index is 1.72. The van der Waals surface area contributed by atoms with Crippen LogP contribution >= 0.6 is 0 Å². The lowest BCUT2D eigenvalue weighted by atomic mass is 9.98. The molecule has 3 heteroatoms. The van der Waals surface area contributed by atoms with Gasteiger partial charge in [-0.2, -0.15) is 0 Å². The number of aromatic nitrogens is 1. The zero-order valence-corrected chi connectivity index (χ0v) is 18.4. The molecule has 1 unspecified atom stereocenters. The summed E-state index contributed by atoms with van der Waals surface area (Å²) in [4.78, 5) is 18.2. The summed E-state index contributed by atoms with van der Waals surface area (Å²) in [6, 6.07) is 24.4. The molecule has 1 aromatic heterocycles. The Morgan fingerprint density at radius 3 is 2.48 bits per heavy atom. The Hall–Kier alpha value is -3.20.